The number of carbonyl (C=O) groups excluding carboxylic acids is 2. The second kappa shape index (κ2) is 7.90. The molecule has 33 heavy (non-hydrogen) atoms. The molecule has 164 valence electrons. The van der Waals surface area contributed by atoms with E-state index in [0.29, 0.717) is 22.3 Å². The van der Waals surface area contributed by atoms with Gasteiger partial charge in [0.2, 0.25) is 5.78 Å². The van der Waals surface area contributed by atoms with Crippen molar-refractivity contribution in [2.24, 2.45) is 0 Å². The number of ether oxygens (including phenoxy) is 1. The number of methoxy groups -OCH3 is 1. The van der Waals surface area contributed by atoms with Gasteiger partial charge in [-0.15, -0.1) is 0 Å². The Morgan fingerprint density at radius 2 is 1.94 bits per heavy atom. The molecule has 1 N–H and O–H groups in total. The third-order valence-corrected chi connectivity index (χ3v) is 5.46. The Morgan fingerprint density at radius 1 is 1.12 bits per heavy atom. The Kier molecular flexibility index (Phi) is 4.90. The van der Waals surface area contributed by atoms with E-state index in [1.807, 2.05) is 0 Å². The lowest BCUT2D eigenvalue weighted by molar-refractivity contribution is -0.117. The van der Waals surface area contributed by atoms with Gasteiger partial charge in [0, 0.05) is 11.6 Å². The van der Waals surface area contributed by atoms with Gasteiger partial charge in [-0.3, -0.25) is 14.5 Å². The van der Waals surface area contributed by atoms with Crippen LogP contribution in [0, 0.1) is 5.82 Å². The Labute approximate surface area is 187 Å². The molecule has 0 aliphatic carbocycles. The number of fused-ring (bicyclic) bond motifs is 1. The summed E-state index contributed by atoms with van der Waals surface area (Å²) >= 11 is 0. The normalized spacial score (nSPS) is 16.0. The molecule has 0 saturated carbocycles. The summed E-state index contributed by atoms with van der Waals surface area (Å²) in [6, 6.07) is 16.0. The number of amides is 1. The Morgan fingerprint density at radius 3 is 2.67 bits per heavy atom. The van der Waals surface area contributed by atoms with Gasteiger partial charge in [0.05, 0.1) is 18.7 Å². The highest BCUT2D eigenvalue weighted by molar-refractivity contribution is 6.20. The van der Waals surface area contributed by atoms with Crippen LogP contribution in [-0.2, 0) is 4.79 Å². The van der Waals surface area contributed by atoms with Crippen LogP contribution in [0.5, 0.6) is 5.75 Å². The van der Waals surface area contributed by atoms with Gasteiger partial charge in [-0.05, 0) is 42.0 Å². The van der Waals surface area contributed by atoms with Crippen LogP contribution in [0.1, 0.15) is 22.2 Å². The fourth-order valence-corrected chi connectivity index (χ4v) is 4.00. The van der Waals surface area contributed by atoms with Crippen LogP contribution < -0.4 is 9.64 Å². The summed E-state index contributed by atoms with van der Waals surface area (Å²) in [6.07, 6.45) is 1.48. The molecule has 1 atom stereocenters. The highest BCUT2D eigenvalue weighted by atomic mass is 19.1. The van der Waals surface area contributed by atoms with Crippen molar-refractivity contribution >= 4 is 28.5 Å². The van der Waals surface area contributed by atoms with Gasteiger partial charge in [0.1, 0.15) is 11.6 Å². The summed E-state index contributed by atoms with van der Waals surface area (Å²) < 4.78 is 25.1. The number of hydrogen-bond acceptors (Lipinski definition) is 6. The van der Waals surface area contributed by atoms with Gasteiger partial charge < -0.3 is 14.3 Å². The smallest absolute Gasteiger partial charge is 0.295 e. The fraction of sp³-hybridized carbons (Fsp3) is 0.0800. The molecule has 3 heterocycles. The van der Waals surface area contributed by atoms with Crippen molar-refractivity contribution in [3.63, 3.8) is 0 Å². The van der Waals surface area contributed by atoms with Crippen molar-refractivity contribution in [3.8, 4) is 5.75 Å². The van der Waals surface area contributed by atoms with Gasteiger partial charge in [0.15, 0.2) is 22.9 Å². The number of hydrogen-bond donors (Lipinski definition) is 1. The van der Waals surface area contributed by atoms with Crippen LogP contribution in [-0.4, -0.2) is 28.9 Å². The summed E-state index contributed by atoms with van der Waals surface area (Å²) in [5.74, 6) is -2.26. The number of para-hydroxylation sites is 1. The highest BCUT2D eigenvalue weighted by Gasteiger charge is 2.46. The SMILES string of the molecule is COc1cccc2cc(C(=O)C3=C(O)C(=O)N(c4ccccn4)C3c3cccc(F)c3)oc12. The molecule has 4 aromatic rings. The van der Waals surface area contributed by atoms with E-state index in [9.17, 15) is 19.1 Å². The lowest BCUT2D eigenvalue weighted by atomic mass is 9.95. The van der Waals surface area contributed by atoms with E-state index in [4.69, 9.17) is 9.15 Å². The van der Waals surface area contributed by atoms with Crippen molar-refractivity contribution in [1.82, 2.24) is 4.98 Å². The molecule has 2 aromatic carbocycles. The maximum Gasteiger partial charge on any atom is 0.295 e. The lowest BCUT2D eigenvalue weighted by Crippen LogP contribution is -2.31. The molecule has 0 fully saturated rings. The number of halogens is 1. The molecule has 7 nitrogen and oxygen atoms in total. The molecule has 1 aliphatic rings. The van der Waals surface area contributed by atoms with Crippen LogP contribution >= 0.6 is 0 Å². The number of anilines is 1. The zero-order chi connectivity index (χ0) is 23.1. The number of aromatic nitrogens is 1. The number of ketones is 1. The van der Waals surface area contributed by atoms with E-state index in [2.05, 4.69) is 4.98 Å². The molecular formula is C25H17FN2O5. The van der Waals surface area contributed by atoms with Gasteiger partial charge >= 0.3 is 0 Å². The van der Waals surface area contributed by atoms with Crippen molar-refractivity contribution in [2.75, 3.05) is 12.0 Å². The average Bonchev–Trinajstić information content (AvgIpc) is 3.38. The van der Waals surface area contributed by atoms with E-state index in [0.717, 1.165) is 0 Å². The molecular weight excluding hydrogens is 427 g/mol. The number of pyridine rings is 1. The number of aliphatic hydroxyl groups is 1. The fourth-order valence-electron chi connectivity index (χ4n) is 4.00. The Bertz CT molecular complexity index is 1430. The summed E-state index contributed by atoms with van der Waals surface area (Å²) in [5, 5.41) is 11.4. The zero-order valence-electron chi connectivity index (χ0n) is 17.4. The van der Waals surface area contributed by atoms with E-state index in [1.165, 1.54) is 42.5 Å². The van der Waals surface area contributed by atoms with Gasteiger partial charge in [-0.1, -0.05) is 30.3 Å². The number of furan rings is 1. The van der Waals surface area contributed by atoms with Crippen molar-refractivity contribution in [2.45, 2.75) is 6.04 Å². The molecule has 2 aromatic heterocycles. The average molecular weight is 444 g/mol. The van der Waals surface area contributed by atoms with Crippen LogP contribution in [0.3, 0.4) is 0 Å². The molecule has 1 amide bonds. The standard InChI is InChI=1S/C25H17FN2O5/c1-32-17-9-5-7-15-13-18(33-24(15)17)22(29)20-21(14-6-4-8-16(26)12-14)28(25(31)23(20)30)19-10-2-3-11-27-19/h2-13,21,30H,1H3. The van der Waals surface area contributed by atoms with E-state index >= 15 is 0 Å². The predicted molar refractivity (Wildman–Crippen MR) is 118 cm³/mol. The number of aliphatic hydroxyl groups excluding tert-OH is 1. The lowest BCUT2D eigenvalue weighted by Gasteiger charge is -2.25. The maximum atomic E-state index is 14.1. The predicted octanol–water partition coefficient (Wildman–Crippen LogP) is 4.76. The largest absolute Gasteiger partial charge is 0.503 e. The molecule has 1 unspecified atom stereocenters. The van der Waals surface area contributed by atoms with Crippen molar-refractivity contribution < 1.29 is 28.2 Å². The third-order valence-electron chi connectivity index (χ3n) is 5.46. The number of nitrogens with zero attached hydrogens (tertiary/aromatic N) is 2. The summed E-state index contributed by atoms with van der Waals surface area (Å²) in [5.41, 5.74) is 0.432. The molecule has 8 heteroatoms. The summed E-state index contributed by atoms with van der Waals surface area (Å²) in [7, 11) is 1.48. The second-order valence-electron chi connectivity index (χ2n) is 7.40. The Hall–Kier alpha value is -4.46. The monoisotopic (exact) mass is 444 g/mol. The zero-order valence-corrected chi connectivity index (χ0v) is 17.4. The first-order chi connectivity index (χ1) is 16.0. The topological polar surface area (TPSA) is 92.9 Å². The van der Waals surface area contributed by atoms with Crippen molar-refractivity contribution in [1.29, 1.82) is 0 Å². The first-order valence-corrected chi connectivity index (χ1v) is 10.0. The minimum atomic E-state index is -1.11. The number of Topliss-reactive ketones (excluding diaryl/α,β-unsaturated/α-hetero) is 1. The van der Waals surface area contributed by atoms with Gasteiger partial charge in [-0.2, -0.15) is 0 Å². The van der Waals surface area contributed by atoms with Gasteiger partial charge in [0.25, 0.3) is 5.91 Å². The van der Waals surface area contributed by atoms with Crippen LogP contribution in [0.2, 0.25) is 0 Å². The molecule has 0 bridgehead atoms. The summed E-state index contributed by atoms with van der Waals surface area (Å²) in [6.45, 7) is 0. The molecule has 5 rings (SSSR count). The number of benzene rings is 2. The number of rotatable bonds is 5. The highest BCUT2D eigenvalue weighted by Crippen LogP contribution is 2.42. The molecule has 0 spiro atoms. The molecule has 0 saturated heterocycles. The van der Waals surface area contributed by atoms with Crippen LogP contribution in [0.25, 0.3) is 11.0 Å². The number of carbonyl (C=O) groups is 2. The minimum absolute atomic E-state index is 0.0897. The van der Waals surface area contributed by atoms with Crippen LogP contribution in [0.15, 0.2) is 88.7 Å². The van der Waals surface area contributed by atoms with Gasteiger partial charge in [-0.25, -0.2) is 9.37 Å². The molecule has 0 radical (unpaired) electrons. The van der Waals surface area contributed by atoms with E-state index in [-0.39, 0.29) is 17.2 Å². The quantitative estimate of drug-likeness (QED) is 0.446. The van der Waals surface area contributed by atoms with Crippen molar-refractivity contribution in [3.05, 3.63) is 101 Å². The minimum Gasteiger partial charge on any atom is -0.503 e. The second-order valence-corrected chi connectivity index (χ2v) is 7.40. The van der Waals surface area contributed by atoms with E-state index in [1.54, 1.807) is 42.5 Å². The van der Waals surface area contributed by atoms with Crippen LogP contribution in [0.4, 0.5) is 10.2 Å². The Balaban J connectivity index is 1.67. The first kappa shape index (κ1) is 20.4. The van der Waals surface area contributed by atoms with E-state index < -0.39 is 29.3 Å². The first-order valence-electron chi connectivity index (χ1n) is 10.0. The maximum absolute atomic E-state index is 14.1. The molecule has 1 aliphatic heterocycles. The summed E-state index contributed by atoms with van der Waals surface area (Å²) in [4.78, 5) is 32.0. The third kappa shape index (κ3) is 3.32.